The Morgan fingerprint density at radius 2 is 1.67 bits per heavy atom. The number of benzene rings is 2. The van der Waals surface area contributed by atoms with Crippen LogP contribution in [-0.2, 0) is 10.0 Å². The predicted octanol–water partition coefficient (Wildman–Crippen LogP) is 2.45. The SMILES string of the molecule is O=C(C=Cc1c(F)cccc1F)c1cccc(S(=O)(=O)N2CCNCC2)c1. The molecular formula is C19H18F2N2O3S. The van der Waals surface area contributed by atoms with E-state index in [1.807, 2.05) is 0 Å². The molecule has 5 nitrogen and oxygen atoms in total. The summed E-state index contributed by atoms with van der Waals surface area (Å²) in [5, 5.41) is 3.08. The fraction of sp³-hybridized carbons (Fsp3) is 0.211. The van der Waals surface area contributed by atoms with Gasteiger partial charge in [0, 0.05) is 37.3 Å². The molecule has 0 aromatic heterocycles. The summed E-state index contributed by atoms with van der Waals surface area (Å²) in [6, 6.07) is 9.05. The third-order valence-corrected chi connectivity index (χ3v) is 6.13. The predicted molar refractivity (Wildman–Crippen MR) is 97.8 cm³/mol. The van der Waals surface area contributed by atoms with E-state index in [-0.39, 0.29) is 16.0 Å². The van der Waals surface area contributed by atoms with Crippen molar-refractivity contribution >= 4 is 21.9 Å². The van der Waals surface area contributed by atoms with Crippen molar-refractivity contribution in [1.82, 2.24) is 9.62 Å². The molecule has 142 valence electrons. The maximum atomic E-state index is 13.6. The number of halogens is 2. The zero-order valence-corrected chi connectivity index (χ0v) is 15.2. The van der Waals surface area contributed by atoms with Crippen LogP contribution in [0.5, 0.6) is 0 Å². The average molecular weight is 392 g/mol. The highest BCUT2D eigenvalue weighted by molar-refractivity contribution is 7.89. The second-order valence-corrected chi connectivity index (χ2v) is 7.95. The lowest BCUT2D eigenvalue weighted by Gasteiger charge is -2.26. The Balaban J connectivity index is 1.85. The first kappa shape index (κ1) is 19.3. The van der Waals surface area contributed by atoms with E-state index >= 15 is 0 Å². The van der Waals surface area contributed by atoms with Gasteiger partial charge in [-0.2, -0.15) is 4.31 Å². The molecule has 1 saturated heterocycles. The van der Waals surface area contributed by atoms with E-state index in [0.717, 1.165) is 24.3 Å². The number of hydrogen-bond donors (Lipinski definition) is 1. The highest BCUT2D eigenvalue weighted by atomic mass is 32.2. The number of carbonyl (C=O) groups excluding carboxylic acids is 1. The molecule has 1 heterocycles. The second-order valence-electron chi connectivity index (χ2n) is 6.01. The van der Waals surface area contributed by atoms with Crippen molar-refractivity contribution in [2.24, 2.45) is 0 Å². The zero-order chi connectivity index (χ0) is 19.4. The van der Waals surface area contributed by atoms with E-state index in [0.29, 0.717) is 26.2 Å². The smallest absolute Gasteiger partial charge is 0.243 e. The molecule has 1 fully saturated rings. The van der Waals surface area contributed by atoms with Crippen molar-refractivity contribution in [3.63, 3.8) is 0 Å². The van der Waals surface area contributed by atoms with Crippen LogP contribution in [0.3, 0.4) is 0 Å². The standard InChI is InChI=1S/C19H18F2N2O3S/c20-17-5-2-6-18(21)16(17)7-8-19(24)14-3-1-4-15(13-14)27(25,26)23-11-9-22-10-12-23/h1-8,13,22H,9-12H2. The van der Waals surface area contributed by atoms with Gasteiger partial charge in [0.2, 0.25) is 10.0 Å². The molecule has 0 spiro atoms. The Morgan fingerprint density at radius 3 is 2.33 bits per heavy atom. The van der Waals surface area contributed by atoms with Gasteiger partial charge in [-0.25, -0.2) is 17.2 Å². The van der Waals surface area contributed by atoms with Crippen LogP contribution in [0.1, 0.15) is 15.9 Å². The molecule has 2 aromatic carbocycles. The molecule has 0 bridgehead atoms. The van der Waals surface area contributed by atoms with Crippen LogP contribution in [0, 0.1) is 11.6 Å². The van der Waals surface area contributed by atoms with Gasteiger partial charge >= 0.3 is 0 Å². The lowest BCUT2D eigenvalue weighted by Crippen LogP contribution is -2.46. The average Bonchev–Trinajstić information content (AvgIpc) is 2.68. The number of allylic oxidation sites excluding steroid dienone is 1. The van der Waals surface area contributed by atoms with Crippen LogP contribution in [0.25, 0.3) is 6.08 Å². The zero-order valence-electron chi connectivity index (χ0n) is 14.4. The summed E-state index contributed by atoms with van der Waals surface area (Å²) in [7, 11) is -3.70. The van der Waals surface area contributed by atoms with Crippen LogP contribution in [0.15, 0.2) is 53.4 Å². The van der Waals surface area contributed by atoms with Crippen LogP contribution >= 0.6 is 0 Å². The van der Waals surface area contributed by atoms with Gasteiger partial charge in [-0.1, -0.05) is 18.2 Å². The fourth-order valence-electron chi connectivity index (χ4n) is 2.77. The van der Waals surface area contributed by atoms with Gasteiger partial charge in [-0.05, 0) is 36.4 Å². The Bertz CT molecular complexity index is 964. The fourth-order valence-corrected chi connectivity index (χ4v) is 4.26. The number of nitrogens with one attached hydrogen (secondary N) is 1. The van der Waals surface area contributed by atoms with Crippen LogP contribution in [0.4, 0.5) is 8.78 Å². The Labute approximate surface area is 156 Å². The molecule has 8 heteroatoms. The summed E-state index contributed by atoms with van der Waals surface area (Å²) in [5.41, 5.74) is -0.199. The maximum Gasteiger partial charge on any atom is 0.243 e. The van der Waals surface area contributed by atoms with E-state index in [1.54, 1.807) is 0 Å². The van der Waals surface area contributed by atoms with Crippen molar-refractivity contribution in [2.45, 2.75) is 4.90 Å². The highest BCUT2D eigenvalue weighted by Gasteiger charge is 2.26. The van der Waals surface area contributed by atoms with E-state index < -0.39 is 27.4 Å². The number of rotatable bonds is 5. The summed E-state index contributed by atoms with van der Waals surface area (Å²) < 4.78 is 54.0. The normalized spacial score (nSPS) is 15.9. The lowest BCUT2D eigenvalue weighted by molar-refractivity contribution is 0.104. The molecule has 0 aliphatic carbocycles. The number of ketones is 1. The minimum absolute atomic E-state index is 0.0146. The topological polar surface area (TPSA) is 66.5 Å². The van der Waals surface area contributed by atoms with Crippen molar-refractivity contribution < 1.29 is 22.0 Å². The van der Waals surface area contributed by atoms with Gasteiger partial charge in [0.05, 0.1) is 4.90 Å². The van der Waals surface area contributed by atoms with Gasteiger partial charge in [0.1, 0.15) is 11.6 Å². The maximum absolute atomic E-state index is 13.6. The Kier molecular flexibility index (Phi) is 5.79. The highest BCUT2D eigenvalue weighted by Crippen LogP contribution is 2.19. The van der Waals surface area contributed by atoms with Crippen LogP contribution < -0.4 is 5.32 Å². The molecular weight excluding hydrogens is 374 g/mol. The number of carbonyl (C=O) groups is 1. The molecule has 1 aliphatic rings. The van der Waals surface area contributed by atoms with Gasteiger partial charge in [-0.3, -0.25) is 4.79 Å². The van der Waals surface area contributed by atoms with Crippen molar-refractivity contribution in [3.8, 4) is 0 Å². The molecule has 0 unspecified atom stereocenters. The quantitative estimate of drug-likeness (QED) is 0.627. The van der Waals surface area contributed by atoms with Gasteiger partial charge < -0.3 is 5.32 Å². The summed E-state index contributed by atoms with van der Waals surface area (Å²) >= 11 is 0. The first-order valence-electron chi connectivity index (χ1n) is 8.37. The molecule has 27 heavy (non-hydrogen) atoms. The molecule has 1 aliphatic heterocycles. The van der Waals surface area contributed by atoms with Crippen molar-refractivity contribution in [3.05, 3.63) is 71.3 Å². The van der Waals surface area contributed by atoms with Crippen molar-refractivity contribution in [2.75, 3.05) is 26.2 Å². The Morgan fingerprint density at radius 1 is 1.04 bits per heavy atom. The summed E-state index contributed by atoms with van der Waals surface area (Å²) in [4.78, 5) is 12.4. The molecule has 1 N–H and O–H groups in total. The van der Waals surface area contributed by atoms with Crippen molar-refractivity contribution in [1.29, 1.82) is 0 Å². The van der Waals surface area contributed by atoms with Crippen LogP contribution in [-0.4, -0.2) is 44.7 Å². The number of sulfonamides is 1. The minimum atomic E-state index is -3.70. The number of hydrogen-bond acceptors (Lipinski definition) is 4. The third-order valence-electron chi connectivity index (χ3n) is 4.23. The molecule has 0 radical (unpaired) electrons. The largest absolute Gasteiger partial charge is 0.314 e. The molecule has 0 atom stereocenters. The Hall–Kier alpha value is -2.42. The van der Waals surface area contributed by atoms with Gasteiger partial charge in [-0.15, -0.1) is 0 Å². The monoisotopic (exact) mass is 392 g/mol. The summed E-state index contributed by atoms with van der Waals surface area (Å²) in [6.07, 6.45) is 2.07. The molecule has 0 amide bonds. The number of nitrogens with zero attached hydrogens (tertiary/aromatic N) is 1. The molecule has 3 rings (SSSR count). The first-order valence-corrected chi connectivity index (χ1v) is 9.81. The van der Waals surface area contributed by atoms with E-state index in [9.17, 15) is 22.0 Å². The molecule has 0 saturated carbocycles. The molecule has 2 aromatic rings. The van der Waals surface area contributed by atoms with E-state index in [2.05, 4.69) is 5.32 Å². The van der Waals surface area contributed by atoms with Gasteiger partial charge in [0.25, 0.3) is 0 Å². The third kappa shape index (κ3) is 4.29. The second kappa shape index (κ2) is 8.08. The first-order chi connectivity index (χ1) is 12.9. The van der Waals surface area contributed by atoms with E-state index in [1.165, 1.54) is 34.6 Å². The number of piperazine rings is 1. The summed E-state index contributed by atoms with van der Waals surface area (Å²) in [6.45, 7) is 1.84. The summed E-state index contributed by atoms with van der Waals surface area (Å²) in [5.74, 6) is -2.11. The minimum Gasteiger partial charge on any atom is -0.314 e. The van der Waals surface area contributed by atoms with Gasteiger partial charge in [0.15, 0.2) is 5.78 Å². The van der Waals surface area contributed by atoms with Crippen LogP contribution in [0.2, 0.25) is 0 Å². The van der Waals surface area contributed by atoms with E-state index in [4.69, 9.17) is 0 Å². The lowest BCUT2D eigenvalue weighted by atomic mass is 10.1.